The normalized spacial score (nSPS) is 14.9. The Morgan fingerprint density at radius 3 is 2.16 bits per heavy atom. The maximum absolute atomic E-state index is 9.97. The number of nitrogens with zero attached hydrogens (tertiary/aromatic N) is 4. The zero-order valence-corrected chi connectivity index (χ0v) is 19.0. The number of hydrogen-bond donors (Lipinski definition) is 0. The van der Waals surface area contributed by atoms with Gasteiger partial charge in [-0.3, -0.25) is 0 Å². The number of unbranched alkanes of at least 4 members (excludes halogenated alkanes) is 3. The van der Waals surface area contributed by atoms with E-state index in [0.717, 1.165) is 23.9 Å². The third-order valence-corrected chi connectivity index (χ3v) is 6.14. The van der Waals surface area contributed by atoms with Gasteiger partial charge < -0.3 is 4.90 Å². The first-order valence-electron chi connectivity index (χ1n) is 11.1. The van der Waals surface area contributed by atoms with Crippen LogP contribution in [0.15, 0.2) is 60.3 Å². The molecule has 32 heavy (non-hydrogen) atoms. The van der Waals surface area contributed by atoms with Crippen molar-refractivity contribution in [2.24, 2.45) is 0 Å². The molecule has 0 N–H and O–H groups in total. The van der Waals surface area contributed by atoms with Crippen LogP contribution in [0.2, 0.25) is 0 Å². The molecule has 3 rings (SSSR count). The highest BCUT2D eigenvalue weighted by Crippen LogP contribution is 2.48. The Morgan fingerprint density at radius 2 is 1.53 bits per heavy atom. The van der Waals surface area contributed by atoms with Gasteiger partial charge in [0.25, 0.3) is 0 Å². The molecule has 0 saturated carbocycles. The lowest BCUT2D eigenvalue weighted by atomic mass is 9.83. The molecule has 1 heterocycles. The number of rotatable bonds is 6. The number of hydrogen-bond acceptors (Lipinski definition) is 4. The average molecular weight is 421 g/mol. The van der Waals surface area contributed by atoms with E-state index in [2.05, 4.69) is 56.0 Å². The molecule has 0 bridgehead atoms. The molecule has 160 valence electrons. The summed E-state index contributed by atoms with van der Waals surface area (Å²) in [6.07, 6.45) is 6.73. The average Bonchev–Trinajstić information content (AvgIpc) is 3.02. The van der Waals surface area contributed by atoms with Crippen LogP contribution in [-0.2, 0) is 5.41 Å². The predicted octanol–water partition coefficient (Wildman–Crippen LogP) is 4.82. The number of para-hydroxylation sites is 1. The van der Waals surface area contributed by atoms with Gasteiger partial charge in [-0.25, -0.2) is 0 Å². The smallest absolute Gasteiger partial charge is 0.136 e. The van der Waals surface area contributed by atoms with Gasteiger partial charge in [0.1, 0.15) is 17.7 Å². The van der Waals surface area contributed by atoms with E-state index < -0.39 is 0 Å². The molecule has 4 heteroatoms. The second kappa shape index (κ2) is 10.00. The van der Waals surface area contributed by atoms with Crippen LogP contribution in [0.25, 0.3) is 11.1 Å². The van der Waals surface area contributed by atoms with E-state index in [1.165, 1.54) is 30.5 Å². The van der Waals surface area contributed by atoms with Crippen molar-refractivity contribution in [1.29, 1.82) is 15.8 Å². The van der Waals surface area contributed by atoms with E-state index in [1.807, 2.05) is 18.2 Å². The minimum absolute atomic E-state index is 0.0686. The molecule has 0 fully saturated rings. The van der Waals surface area contributed by atoms with Crippen molar-refractivity contribution in [2.45, 2.75) is 51.9 Å². The van der Waals surface area contributed by atoms with Crippen LogP contribution in [0.1, 0.15) is 52.0 Å². The van der Waals surface area contributed by atoms with Gasteiger partial charge in [0, 0.05) is 28.6 Å². The monoisotopic (exact) mass is 420 g/mol. The molecule has 0 saturated heterocycles. The standard InChI is InChI=1S/C28H28N4/c1-4-5-6-9-16-32-26-11-8-7-10-25(26)28(2,3)27(32)17-23(18-29)21-12-14-22(15-13-21)24(19-30)20-31/h7-8,10-15,17H,4-6,9,16H2,1-3H3/b27-17+. The highest BCUT2D eigenvalue weighted by Gasteiger charge is 2.39. The molecule has 0 spiro atoms. The molecular formula is C28H28N4. The highest BCUT2D eigenvalue weighted by molar-refractivity contribution is 5.78. The summed E-state index contributed by atoms with van der Waals surface area (Å²) < 4.78 is 0. The first-order valence-corrected chi connectivity index (χ1v) is 11.1. The van der Waals surface area contributed by atoms with Crippen molar-refractivity contribution in [3.8, 4) is 18.2 Å². The van der Waals surface area contributed by atoms with Crippen LogP contribution < -0.4 is 15.3 Å². The van der Waals surface area contributed by atoms with Crippen molar-refractivity contribution in [3.63, 3.8) is 0 Å². The van der Waals surface area contributed by atoms with Gasteiger partial charge >= 0.3 is 0 Å². The number of benzene rings is 2. The first kappa shape index (κ1) is 22.9. The van der Waals surface area contributed by atoms with Crippen molar-refractivity contribution >= 4 is 16.8 Å². The fourth-order valence-electron chi connectivity index (χ4n) is 4.33. The van der Waals surface area contributed by atoms with Crippen LogP contribution in [0.3, 0.4) is 0 Å². The van der Waals surface area contributed by atoms with Crippen molar-refractivity contribution < 1.29 is 0 Å². The lowest BCUT2D eigenvalue weighted by Crippen LogP contribution is -2.27. The third kappa shape index (κ3) is 4.44. The number of nitriles is 3. The fourth-order valence-corrected chi connectivity index (χ4v) is 4.33. The molecule has 0 radical (unpaired) electrons. The Kier molecular flexibility index (Phi) is 7.14. The van der Waals surface area contributed by atoms with E-state index in [9.17, 15) is 5.26 Å². The summed E-state index contributed by atoms with van der Waals surface area (Å²) in [6, 6.07) is 21.7. The molecule has 0 amide bonds. The summed E-state index contributed by atoms with van der Waals surface area (Å²) in [4.78, 5) is 2.37. The molecule has 0 aliphatic carbocycles. The Balaban J connectivity index is 2.12. The van der Waals surface area contributed by atoms with Crippen molar-refractivity contribution in [2.75, 3.05) is 11.4 Å². The van der Waals surface area contributed by atoms with Gasteiger partial charge in [-0.05, 0) is 29.3 Å². The van der Waals surface area contributed by atoms with Gasteiger partial charge in [0.05, 0.1) is 11.6 Å². The minimum Gasteiger partial charge on any atom is -0.344 e. The number of fused-ring (bicyclic) bond motifs is 1. The zero-order chi connectivity index (χ0) is 23.1. The van der Waals surface area contributed by atoms with E-state index in [0.29, 0.717) is 10.8 Å². The molecule has 1 aliphatic heterocycles. The van der Waals surface area contributed by atoms with Gasteiger partial charge in [-0.2, -0.15) is 15.8 Å². The molecule has 2 aromatic carbocycles. The van der Waals surface area contributed by atoms with Crippen molar-refractivity contribution in [3.05, 3.63) is 76.3 Å². The third-order valence-electron chi connectivity index (χ3n) is 6.14. The second-order valence-corrected chi connectivity index (χ2v) is 8.59. The van der Waals surface area contributed by atoms with Crippen LogP contribution in [0.4, 0.5) is 5.69 Å². The van der Waals surface area contributed by atoms with E-state index in [4.69, 9.17) is 10.5 Å². The Morgan fingerprint density at radius 1 is 0.875 bits per heavy atom. The maximum atomic E-state index is 9.97. The van der Waals surface area contributed by atoms with Gasteiger partial charge in [0.2, 0.25) is 0 Å². The molecular weight excluding hydrogens is 392 g/mol. The van der Waals surface area contributed by atoms with Crippen LogP contribution in [0, 0.1) is 34.0 Å². The Bertz CT molecular complexity index is 1240. The molecule has 0 aromatic heterocycles. The summed E-state index contributed by atoms with van der Waals surface area (Å²) in [5, 5.41) is 29.5. The minimum atomic E-state index is -0.216. The summed E-state index contributed by atoms with van der Waals surface area (Å²) in [5.74, 6) is 0. The van der Waals surface area contributed by atoms with Gasteiger partial charge in [-0.1, -0.05) is 82.5 Å². The van der Waals surface area contributed by atoms with Crippen LogP contribution in [-0.4, -0.2) is 6.54 Å². The van der Waals surface area contributed by atoms with Crippen LogP contribution >= 0.6 is 0 Å². The SMILES string of the molecule is CCCCCCN1/C(=C/C(C#N)=c2ccc(=C(C#N)C#N)cc2)C(C)(C)c2ccccc21. The van der Waals surface area contributed by atoms with Crippen molar-refractivity contribution in [1.82, 2.24) is 0 Å². The van der Waals surface area contributed by atoms with E-state index in [1.54, 1.807) is 24.3 Å². The highest BCUT2D eigenvalue weighted by atomic mass is 15.2. The largest absolute Gasteiger partial charge is 0.344 e. The summed E-state index contributed by atoms with van der Waals surface area (Å²) in [6.45, 7) is 7.56. The summed E-state index contributed by atoms with van der Waals surface area (Å²) >= 11 is 0. The van der Waals surface area contributed by atoms with E-state index in [-0.39, 0.29) is 11.0 Å². The lowest BCUT2D eigenvalue weighted by Gasteiger charge is -2.27. The summed E-state index contributed by atoms with van der Waals surface area (Å²) in [5.41, 5.74) is 4.04. The predicted molar refractivity (Wildman–Crippen MR) is 128 cm³/mol. The Hall–Kier alpha value is -3.81. The second-order valence-electron chi connectivity index (χ2n) is 8.59. The number of allylic oxidation sites excluding steroid dienone is 2. The first-order chi connectivity index (χ1) is 15.5. The van der Waals surface area contributed by atoms with Gasteiger partial charge in [0.15, 0.2) is 0 Å². The number of anilines is 1. The Labute approximate surface area is 190 Å². The quantitative estimate of drug-likeness (QED) is 0.628. The molecule has 1 aliphatic rings. The fraction of sp³-hybridized carbons (Fsp3) is 0.321. The summed E-state index contributed by atoms with van der Waals surface area (Å²) in [7, 11) is 0. The topological polar surface area (TPSA) is 74.6 Å². The molecule has 0 atom stereocenters. The van der Waals surface area contributed by atoms with Gasteiger partial charge in [-0.15, -0.1) is 0 Å². The molecule has 4 nitrogen and oxygen atoms in total. The maximum Gasteiger partial charge on any atom is 0.136 e. The van der Waals surface area contributed by atoms with Crippen LogP contribution in [0.5, 0.6) is 0 Å². The lowest BCUT2D eigenvalue weighted by molar-refractivity contribution is 0.612. The molecule has 2 aromatic rings. The zero-order valence-electron chi connectivity index (χ0n) is 19.0. The molecule has 0 unspecified atom stereocenters. The van der Waals surface area contributed by atoms with E-state index >= 15 is 0 Å².